The van der Waals surface area contributed by atoms with Crippen molar-refractivity contribution in [3.63, 3.8) is 0 Å². The van der Waals surface area contributed by atoms with Gasteiger partial charge in [-0.05, 0) is 67.4 Å². The van der Waals surface area contributed by atoms with E-state index in [0.717, 1.165) is 31.5 Å². The summed E-state index contributed by atoms with van der Waals surface area (Å²) < 4.78 is 26.7. The second-order valence-corrected chi connectivity index (χ2v) is 12.3. The Morgan fingerprint density at radius 3 is 2.45 bits per heavy atom. The molecule has 1 saturated heterocycles. The summed E-state index contributed by atoms with van der Waals surface area (Å²) in [6.45, 7) is 11.7. The average molecular weight is 445 g/mol. The summed E-state index contributed by atoms with van der Waals surface area (Å²) in [5.74, 6) is 0.408. The van der Waals surface area contributed by atoms with Crippen LogP contribution in [-0.2, 0) is 23.9 Å². The quantitative estimate of drug-likeness (QED) is 0.567. The Morgan fingerprint density at radius 1 is 1.10 bits per heavy atom. The maximum absolute atomic E-state index is 14.9. The summed E-state index contributed by atoms with van der Waals surface area (Å²) in [6, 6.07) is 5.99. The van der Waals surface area contributed by atoms with Crippen molar-refractivity contribution in [2.75, 3.05) is 19.7 Å². The number of nitrogens with zero attached hydrogens (tertiary/aromatic N) is 2. The molecule has 0 spiro atoms. The Bertz CT molecular complexity index is 821. The molecular formula is C24H35FN3O2Si. The summed E-state index contributed by atoms with van der Waals surface area (Å²) >= 11 is 0. The highest BCUT2D eigenvalue weighted by molar-refractivity contribution is 6.53. The molecular weight excluding hydrogens is 409 g/mol. The lowest BCUT2D eigenvalue weighted by Gasteiger charge is -2.25. The highest BCUT2D eigenvalue weighted by atomic mass is 28.3. The largest absolute Gasteiger partial charge is 0.463 e. The van der Waals surface area contributed by atoms with Gasteiger partial charge in [-0.1, -0.05) is 39.0 Å². The normalized spacial score (nSPS) is 15.4. The first-order valence-electron chi connectivity index (χ1n) is 11.2. The molecule has 0 saturated carbocycles. The van der Waals surface area contributed by atoms with E-state index in [1.54, 1.807) is 12.4 Å². The minimum absolute atomic E-state index is 0.127. The van der Waals surface area contributed by atoms with Crippen LogP contribution in [0.25, 0.3) is 0 Å². The zero-order valence-corrected chi connectivity index (χ0v) is 20.2. The maximum atomic E-state index is 14.9. The molecule has 1 aliphatic rings. The third-order valence-corrected chi connectivity index (χ3v) is 8.62. The van der Waals surface area contributed by atoms with E-state index in [1.165, 1.54) is 0 Å². The Morgan fingerprint density at radius 2 is 1.77 bits per heavy atom. The predicted molar refractivity (Wildman–Crippen MR) is 123 cm³/mol. The summed E-state index contributed by atoms with van der Waals surface area (Å²) in [7, 11) is -1.00. The first kappa shape index (κ1) is 23.8. The van der Waals surface area contributed by atoms with Gasteiger partial charge in [-0.15, -0.1) is 0 Å². The topological polar surface area (TPSA) is 56.3 Å². The van der Waals surface area contributed by atoms with Gasteiger partial charge in [0.15, 0.2) is 0 Å². The molecule has 2 aromatic rings. The van der Waals surface area contributed by atoms with Gasteiger partial charge in [0.1, 0.15) is 5.82 Å². The summed E-state index contributed by atoms with van der Waals surface area (Å²) in [5, 5.41) is 3.48. The van der Waals surface area contributed by atoms with Gasteiger partial charge in [0.05, 0.1) is 13.2 Å². The fourth-order valence-corrected chi connectivity index (χ4v) is 4.21. The second-order valence-electron chi connectivity index (χ2n) is 9.36. The number of aromatic nitrogens is 2. The molecule has 2 heterocycles. The van der Waals surface area contributed by atoms with Crippen molar-refractivity contribution in [1.82, 2.24) is 15.3 Å². The van der Waals surface area contributed by atoms with Gasteiger partial charge in [0.25, 0.3) is 0 Å². The van der Waals surface area contributed by atoms with E-state index in [9.17, 15) is 4.39 Å². The predicted octanol–water partition coefficient (Wildman–Crippen LogP) is 4.72. The van der Waals surface area contributed by atoms with E-state index in [1.807, 2.05) is 18.2 Å². The van der Waals surface area contributed by atoms with Crippen molar-refractivity contribution in [2.45, 2.75) is 64.6 Å². The van der Waals surface area contributed by atoms with Crippen molar-refractivity contribution in [2.24, 2.45) is 5.92 Å². The summed E-state index contributed by atoms with van der Waals surface area (Å²) in [4.78, 5) is 8.66. The molecule has 1 fully saturated rings. The Labute approximate surface area is 187 Å². The molecule has 0 amide bonds. The molecule has 169 valence electrons. The van der Waals surface area contributed by atoms with Crippen LogP contribution in [0.4, 0.5) is 4.39 Å². The molecule has 31 heavy (non-hydrogen) atoms. The second kappa shape index (κ2) is 11.2. The number of nitrogens with one attached hydrogen (secondary N) is 1. The van der Waals surface area contributed by atoms with Crippen LogP contribution in [-0.4, -0.2) is 38.7 Å². The number of benzene rings is 1. The zero-order valence-electron chi connectivity index (χ0n) is 19.2. The zero-order chi connectivity index (χ0) is 22.3. The van der Waals surface area contributed by atoms with Crippen LogP contribution < -0.4 is 10.1 Å². The van der Waals surface area contributed by atoms with Crippen LogP contribution in [0.5, 0.6) is 6.01 Å². The minimum Gasteiger partial charge on any atom is -0.463 e. The van der Waals surface area contributed by atoms with Crippen molar-refractivity contribution >= 4 is 9.04 Å². The smallest absolute Gasteiger partial charge is 0.316 e. The van der Waals surface area contributed by atoms with E-state index in [2.05, 4.69) is 42.6 Å². The van der Waals surface area contributed by atoms with E-state index >= 15 is 0 Å². The van der Waals surface area contributed by atoms with Gasteiger partial charge in [-0.2, -0.15) is 0 Å². The maximum Gasteiger partial charge on any atom is 0.316 e. The Hall–Kier alpha value is -1.83. The summed E-state index contributed by atoms with van der Waals surface area (Å²) in [5.41, 5.74) is 2.30. The van der Waals surface area contributed by atoms with E-state index in [4.69, 9.17) is 9.16 Å². The SMILES string of the molecule is C[Si](OCc1cccc(CCc2cnc(OCC3CCNCC3)nc2)c1F)C(C)(C)C. The standard InChI is InChI=1S/C24H35FN3O2Si/c1-24(2,3)31(4)30-17-21-7-5-6-20(22(21)25)9-8-19-14-27-23(28-15-19)29-16-18-10-12-26-13-11-18/h5-7,14-15,18,26H,8-13,16-17H2,1-4H3. The molecule has 1 radical (unpaired) electrons. The van der Waals surface area contributed by atoms with Crippen LogP contribution in [0, 0.1) is 11.7 Å². The number of aryl methyl sites for hydroxylation is 2. The molecule has 0 unspecified atom stereocenters. The molecule has 1 aliphatic heterocycles. The molecule has 1 aromatic carbocycles. The minimum atomic E-state index is -1.00. The first-order chi connectivity index (χ1) is 14.8. The first-order valence-corrected chi connectivity index (χ1v) is 13.1. The van der Waals surface area contributed by atoms with Crippen LogP contribution in [0.1, 0.15) is 50.3 Å². The Kier molecular flexibility index (Phi) is 8.57. The number of piperidine rings is 1. The van der Waals surface area contributed by atoms with Gasteiger partial charge in [-0.3, -0.25) is 0 Å². The van der Waals surface area contributed by atoms with Gasteiger partial charge >= 0.3 is 6.01 Å². The molecule has 1 N–H and O–H groups in total. The van der Waals surface area contributed by atoms with Gasteiger partial charge < -0.3 is 14.5 Å². The van der Waals surface area contributed by atoms with Crippen LogP contribution in [0.2, 0.25) is 11.6 Å². The van der Waals surface area contributed by atoms with Crippen LogP contribution in [0.3, 0.4) is 0 Å². The average Bonchev–Trinajstić information content (AvgIpc) is 2.76. The summed E-state index contributed by atoms with van der Waals surface area (Å²) in [6.07, 6.45) is 7.10. The van der Waals surface area contributed by atoms with E-state index in [0.29, 0.717) is 49.1 Å². The fraction of sp³-hybridized carbons (Fsp3) is 0.583. The molecule has 0 aliphatic carbocycles. The number of ether oxygens (including phenoxy) is 1. The third kappa shape index (κ3) is 7.37. The van der Waals surface area contributed by atoms with E-state index < -0.39 is 9.04 Å². The highest BCUT2D eigenvalue weighted by Gasteiger charge is 2.24. The van der Waals surface area contributed by atoms with Crippen LogP contribution >= 0.6 is 0 Å². The number of halogens is 1. The molecule has 0 atom stereocenters. The number of hydrogen-bond acceptors (Lipinski definition) is 5. The Balaban J connectivity index is 1.50. The van der Waals surface area contributed by atoms with Crippen molar-refractivity contribution < 1.29 is 13.6 Å². The highest BCUT2D eigenvalue weighted by Crippen LogP contribution is 2.28. The molecule has 3 rings (SSSR count). The third-order valence-electron chi connectivity index (χ3n) is 5.93. The fourth-order valence-electron chi connectivity index (χ4n) is 3.41. The van der Waals surface area contributed by atoms with E-state index in [-0.39, 0.29) is 10.9 Å². The van der Waals surface area contributed by atoms with Crippen LogP contribution in [0.15, 0.2) is 30.6 Å². The van der Waals surface area contributed by atoms with Crippen molar-refractivity contribution in [1.29, 1.82) is 0 Å². The number of hydrogen-bond donors (Lipinski definition) is 1. The van der Waals surface area contributed by atoms with Gasteiger partial charge in [0.2, 0.25) is 9.04 Å². The number of rotatable bonds is 9. The van der Waals surface area contributed by atoms with Crippen molar-refractivity contribution in [3.8, 4) is 6.01 Å². The van der Waals surface area contributed by atoms with Crippen molar-refractivity contribution in [3.05, 3.63) is 53.1 Å². The van der Waals surface area contributed by atoms with Gasteiger partial charge in [0, 0.05) is 18.0 Å². The lowest BCUT2D eigenvalue weighted by Crippen LogP contribution is -2.30. The monoisotopic (exact) mass is 444 g/mol. The lowest BCUT2D eigenvalue weighted by molar-refractivity contribution is 0.202. The lowest BCUT2D eigenvalue weighted by atomic mass is 9.99. The molecule has 7 heteroatoms. The van der Waals surface area contributed by atoms with Gasteiger partial charge in [-0.25, -0.2) is 14.4 Å². The molecule has 5 nitrogen and oxygen atoms in total. The molecule has 1 aromatic heterocycles. The molecule has 0 bridgehead atoms.